The second kappa shape index (κ2) is 7.00. The van der Waals surface area contributed by atoms with Crippen LogP contribution in [0.1, 0.15) is 51.4 Å². The quantitative estimate of drug-likeness (QED) is 0.567. The number of hydrogen-bond donors (Lipinski definition) is 0. The fourth-order valence-electron chi connectivity index (χ4n) is 4.44. The maximum atomic E-state index is 12.6. The Morgan fingerprint density at radius 1 is 0.917 bits per heavy atom. The molecule has 0 unspecified atom stereocenters. The van der Waals surface area contributed by atoms with Crippen LogP contribution in [0.3, 0.4) is 0 Å². The molecule has 3 heteroatoms. The molecule has 0 aromatic heterocycles. The molecule has 3 aliphatic rings. The highest BCUT2D eigenvalue weighted by Gasteiger charge is 2.34. The second-order valence-electron chi connectivity index (χ2n) is 7.68. The summed E-state index contributed by atoms with van der Waals surface area (Å²) in [5, 5.41) is 0. The first-order valence-electron chi connectivity index (χ1n) is 9.09. The van der Waals surface area contributed by atoms with Crippen LogP contribution in [0.15, 0.2) is 36.5 Å². The van der Waals surface area contributed by atoms with Crippen molar-refractivity contribution in [1.82, 2.24) is 0 Å². The number of hydrogen-bond acceptors (Lipinski definition) is 3. The van der Waals surface area contributed by atoms with Crippen molar-refractivity contribution in [2.75, 3.05) is 0 Å². The standard InChI is InChI=1S/C21H26O3/c1-13-3-4-14(2)17(13)12-21(24)16-7-5-15(6-8-16)11-18-19(22)9-10-20(18)23/h9-10,15-18H,1-8,11-12H2. The van der Waals surface area contributed by atoms with Crippen molar-refractivity contribution >= 4 is 17.3 Å². The van der Waals surface area contributed by atoms with Crippen LogP contribution in [-0.2, 0) is 14.4 Å². The van der Waals surface area contributed by atoms with E-state index >= 15 is 0 Å². The molecule has 2 saturated carbocycles. The van der Waals surface area contributed by atoms with Gasteiger partial charge in [0.05, 0.1) is 5.92 Å². The van der Waals surface area contributed by atoms with Crippen LogP contribution in [0.5, 0.6) is 0 Å². The molecule has 3 aliphatic carbocycles. The van der Waals surface area contributed by atoms with Crippen LogP contribution < -0.4 is 0 Å². The van der Waals surface area contributed by atoms with Crippen molar-refractivity contribution in [3.8, 4) is 0 Å². The van der Waals surface area contributed by atoms with E-state index in [1.807, 2.05) is 0 Å². The Bertz CT molecular complexity index is 583. The third kappa shape index (κ3) is 3.50. The van der Waals surface area contributed by atoms with E-state index in [0.717, 1.165) is 49.7 Å². The fraction of sp³-hybridized carbons (Fsp3) is 0.571. The van der Waals surface area contributed by atoms with Crippen LogP contribution in [0.4, 0.5) is 0 Å². The largest absolute Gasteiger partial charge is 0.299 e. The van der Waals surface area contributed by atoms with Gasteiger partial charge in [-0.05, 0) is 63.0 Å². The molecule has 3 rings (SSSR count). The van der Waals surface area contributed by atoms with Crippen molar-refractivity contribution in [1.29, 1.82) is 0 Å². The Kier molecular flexibility index (Phi) is 4.98. The fourth-order valence-corrected chi connectivity index (χ4v) is 4.44. The minimum absolute atomic E-state index is 0.0449. The van der Waals surface area contributed by atoms with E-state index in [1.165, 1.54) is 12.2 Å². The van der Waals surface area contributed by atoms with Crippen molar-refractivity contribution in [3.63, 3.8) is 0 Å². The molecular weight excluding hydrogens is 300 g/mol. The molecular formula is C21H26O3. The highest BCUT2D eigenvalue weighted by molar-refractivity contribution is 6.18. The highest BCUT2D eigenvalue weighted by Crippen LogP contribution is 2.39. The van der Waals surface area contributed by atoms with Crippen molar-refractivity contribution in [2.24, 2.45) is 23.7 Å². The van der Waals surface area contributed by atoms with Gasteiger partial charge in [0.15, 0.2) is 11.6 Å². The number of allylic oxidation sites excluding steroid dienone is 4. The first-order chi connectivity index (χ1) is 11.5. The van der Waals surface area contributed by atoms with Crippen molar-refractivity contribution in [3.05, 3.63) is 36.5 Å². The third-order valence-corrected chi connectivity index (χ3v) is 6.13. The van der Waals surface area contributed by atoms with E-state index in [4.69, 9.17) is 0 Å². The minimum Gasteiger partial charge on any atom is -0.299 e. The Morgan fingerprint density at radius 3 is 2.00 bits per heavy atom. The predicted octanol–water partition coefficient (Wildman–Crippen LogP) is 3.99. The monoisotopic (exact) mass is 326 g/mol. The second-order valence-corrected chi connectivity index (χ2v) is 7.68. The average Bonchev–Trinajstić information content (AvgIpc) is 3.05. The minimum atomic E-state index is -0.451. The highest BCUT2D eigenvalue weighted by atomic mass is 16.2. The molecule has 3 nitrogen and oxygen atoms in total. The van der Waals surface area contributed by atoms with Crippen LogP contribution in [0.2, 0.25) is 0 Å². The molecule has 0 spiro atoms. The lowest BCUT2D eigenvalue weighted by atomic mass is 9.74. The van der Waals surface area contributed by atoms with Gasteiger partial charge in [-0.2, -0.15) is 0 Å². The topological polar surface area (TPSA) is 51.2 Å². The summed E-state index contributed by atoms with van der Waals surface area (Å²) in [6.07, 6.45) is 9.64. The maximum Gasteiger partial charge on any atom is 0.166 e. The predicted molar refractivity (Wildman–Crippen MR) is 93.3 cm³/mol. The van der Waals surface area contributed by atoms with E-state index in [1.54, 1.807) is 0 Å². The van der Waals surface area contributed by atoms with Crippen molar-refractivity contribution in [2.45, 2.75) is 51.4 Å². The first-order valence-corrected chi connectivity index (χ1v) is 9.09. The molecule has 0 heterocycles. The Labute approximate surface area is 143 Å². The van der Waals surface area contributed by atoms with Gasteiger partial charge in [-0.1, -0.05) is 24.3 Å². The third-order valence-electron chi connectivity index (χ3n) is 6.13. The zero-order valence-electron chi connectivity index (χ0n) is 14.3. The van der Waals surface area contributed by atoms with Crippen LogP contribution in [0, 0.1) is 23.7 Å². The van der Waals surface area contributed by atoms with Gasteiger partial charge >= 0.3 is 0 Å². The van der Waals surface area contributed by atoms with Crippen LogP contribution >= 0.6 is 0 Å². The summed E-state index contributed by atoms with van der Waals surface area (Å²) in [5.41, 5.74) is 2.32. The Balaban J connectivity index is 1.47. The first kappa shape index (κ1) is 17.1. The summed E-state index contributed by atoms with van der Waals surface area (Å²) in [6, 6.07) is 0. The van der Waals surface area contributed by atoms with E-state index in [-0.39, 0.29) is 23.4 Å². The van der Waals surface area contributed by atoms with E-state index < -0.39 is 5.92 Å². The van der Waals surface area contributed by atoms with Crippen LogP contribution in [-0.4, -0.2) is 17.3 Å². The molecule has 0 amide bonds. The lowest BCUT2D eigenvalue weighted by Crippen LogP contribution is -2.26. The molecule has 0 radical (unpaired) electrons. The number of carbonyl (C=O) groups is 3. The molecule has 0 atom stereocenters. The smallest absolute Gasteiger partial charge is 0.166 e. The number of Topliss-reactive ketones (excluding diaryl/α,β-unsaturated/α-hetero) is 1. The summed E-state index contributed by atoms with van der Waals surface area (Å²) >= 11 is 0. The average molecular weight is 326 g/mol. The zero-order valence-corrected chi connectivity index (χ0v) is 14.3. The summed E-state index contributed by atoms with van der Waals surface area (Å²) < 4.78 is 0. The normalized spacial score (nSPS) is 29.0. The molecule has 2 fully saturated rings. The molecule has 128 valence electrons. The number of ketones is 3. The van der Waals surface area contributed by atoms with Gasteiger partial charge in [-0.15, -0.1) is 0 Å². The summed E-state index contributed by atoms with van der Waals surface area (Å²) in [5.74, 6) is 0.520. The van der Waals surface area contributed by atoms with E-state index in [2.05, 4.69) is 13.2 Å². The number of rotatable bonds is 5. The van der Waals surface area contributed by atoms with E-state index in [0.29, 0.717) is 24.5 Å². The molecule has 0 bridgehead atoms. The van der Waals surface area contributed by atoms with Gasteiger partial charge in [0.25, 0.3) is 0 Å². The van der Waals surface area contributed by atoms with E-state index in [9.17, 15) is 14.4 Å². The van der Waals surface area contributed by atoms with Gasteiger partial charge in [-0.25, -0.2) is 0 Å². The van der Waals surface area contributed by atoms with Gasteiger partial charge in [-0.3, -0.25) is 14.4 Å². The van der Waals surface area contributed by atoms with Crippen molar-refractivity contribution < 1.29 is 14.4 Å². The summed E-state index contributed by atoms with van der Waals surface area (Å²) in [7, 11) is 0. The Morgan fingerprint density at radius 2 is 1.46 bits per heavy atom. The molecule has 0 N–H and O–H groups in total. The molecule has 24 heavy (non-hydrogen) atoms. The summed E-state index contributed by atoms with van der Waals surface area (Å²) in [6.45, 7) is 8.17. The van der Waals surface area contributed by atoms with Gasteiger partial charge in [0.2, 0.25) is 0 Å². The lowest BCUT2D eigenvalue weighted by Gasteiger charge is -2.29. The molecule has 0 saturated heterocycles. The zero-order chi connectivity index (χ0) is 17.3. The van der Waals surface area contributed by atoms with Crippen LogP contribution in [0.25, 0.3) is 0 Å². The maximum absolute atomic E-state index is 12.6. The molecule has 0 aliphatic heterocycles. The SMILES string of the molecule is C=C1CCC(=C)C1CC(=O)C1CCC(CC2C(=O)C=CC2=O)CC1. The summed E-state index contributed by atoms with van der Waals surface area (Å²) in [4.78, 5) is 36.0. The Hall–Kier alpha value is -1.77. The number of carbonyl (C=O) groups excluding carboxylic acids is 3. The van der Waals surface area contributed by atoms with Gasteiger partial charge < -0.3 is 0 Å². The lowest BCUT2D eigenvalue weighted by molar-refractivity contribution is -0.128. The van der Waals surface area contributed by atoms with Gasteiger partial charge in [0.1, 0.15) is 5.78 Å². The molecule has 0 aromatic rings. The van der Waals surface area contributed by atoms with Gasteiger partial charge in [0, 0.05) is 18.3 Å². The molecule has 0 aromatic carbocycles.